The topological polar surface area (TPSA) is 53.6 Å². The first kappa shape index (κ1) is 18.2. The number of hydrogen-bond donors (Lipinski definition) is 2. The molecular weight excluding hydrogens is 375 g/mol. The maximum atomic E-state index is 5.94. The summed E-state index contributed by atoms with van der Waals surface area (Å²) in [6, 6.07) is 9.09. The minimum Gasteiger partial charge on any atom is -0.370 e. The Morgan fingerprint density at radius 3 is 2.76 bits per heavy atom. The molecule has 0 spiro atoms. The average Bonchev–Trinajstić information content (AvgIpc) is 3.28. The molecule has 1 aliphatic carbocycles. The van der Waals surface area contributed by atoms with Gasteiger partial charge in [-0.1, -0.05) is 26.0 Å². The molecule has 0 aromatic heterocycles. The molecule has 3 N–H and O–H groups in total. The minimum atomic E-state index is 0. The smallest absolute Gasteiger partial charge is 0.193 e. The molecule has 21 heavy (non-hydrogen) atoms. The molecule has 2 rings (SSSR count). The molecule has 0 amide bonds. The molecule has 1 fully saturated rings. The van der Waals surface area contributed by atoms with E-state index < -0.39 is 0 Å². The van der Waals surface area contributed by atoms with Crippen LogP contribution >= 0.6 is 24.0 Å². The van der Waals surface area contributed by atoms with Gasteiger partial charge < -0.3 is 11.1 Å². The molecule has 0 saturated heterocycles. The maximum Gasteiger partial charge on any atom is 0.193 e. The van der Waals surface area contributed by atoms with Gasteiger partial charge in [0.2, 0.25) is 0 Å². The number of aryl methyl sites for hydroxylation is 1. The van der Waals surface area contributed by atoms with Gasteiger partial charge in [-0.3, -0.25) is 9.89 Å². The number of anilines is 1. The van der Waals surface area contributed by atoms with Crippen LogP contribution in [-0.4, -0.2) is 36.5 Å². The first-order chi connectivity index (χ1) is 9.72. The zero-order valence-corrected chi connectivity index (χ0v) is 15.3. The second kappa shape index (κ2) is 9.25. The van der Waals surface area contributed by atoms with Crippen LogP contribution in [0.2, 0.25) is 0 Å². The molecule has 4 nitrogen and oxygen atoms in total. The van der Waals surface area contributed by atoms with E-state index in [1.54, 1.807) is 0 Å². The SMILES string of the molecule is CCc1cccc(NC(N)=NCCN(CC)C2CC2)c1.I. The summed E-state index contributed by atoms with van der Waals surface area (Å²) in [5.74, 6) is 0.505. The highest BCUT2D eigenvalue weighted by molar-refractivity contribution is 14.0. The summed E-state index contributed by atoms with van der Waals surface area (Å²) in [5.41, 5.74) is 8.25. The molecule has 1 aromatic rings. The molecule has 0 unspecified atom stereocenters. The first-order valence-electron chi connectivity index (χ1n) is 7.62. The number of rotatable bonds is 7. The standard InChI is InChI=1S/C16H26N4.HI/c1-3-13-6-5-7-14(12-13)19-16(17)18-10-11-20(4-2)15-8-9-15;/h5-7,12,15H,3-4,8-11H2,1-2H3,(H3,17,18,19);1H. The normalized spacial score (nSPS) is 14.9. The Morgan fingerprint density at radius 2 is 2.14 bits per heavy atom. The van der Waals surface area contributed by atoms with E-state index in [-0.39, 0.29) is 24.0 Å². The van der Waals surface area contributed by atoms with Gasteiger partial charge in [0.25, 0.3) is 0 Å². The van der Waals surface area contributed by atoms with Crippen molar-refractivity contribution in [3.05, 3.63) is 29.8 Å². The molecule has 0 bridgehead atoms. The van der Waals surface area contributed by atoms with Gasteiger partial charge >= 0.3 is 0 Å². The van der Waals surface area contributed by atoms with Gasteiger partial charge in [0.05, 0.1) is 6.54 Å². The Bertz CT molecular complexity index is 457. The van der Waals surface area contributed by atoms with E-state index in [0.717, 1.165) is 37.8 Å². The summed E-state index contributed by atoms with van der Waals surface area (Å²) in [5, 5.41) is 3.16. The second-order valence-electron chi connectivity index (χ2n) is 5.31. The Morgan fingerprint density at radius 1 is 1.38 bits per heavy atom. The fourth-order valence-electron chi connectivity index (χ4n) is 2.39. The van der Waals surface area contributed by atoms with E-state index >= 15 is 0 Å². The highest BCUT2D eigenvalue weighted by atomic mass is 127. The third-order valence-corrected chi connectivity index (χ3v) is 3.75. The van der Waals surface area contributed by atoms with Crippen LogP contribution in [0, 0.1) is 0 Å². The van der Waals surface area contributed by atoms with Crippen molar-refractivity contribution in [2.45, 2.75) is 39.2 Å². The van der Waals surface area contributed by atoms with Gasteiger partial charge in [-0.2, -0.15) is 0 Å². The van der Waals surface area contributed by atoms with Gasteiger partial charge in [-0.05, 0) is 43.5 Å². The van der Waals surface area contributed by atoms with Crippen LogP contribution in [0.15, 0.2) is 29.3 Å². The maximum absolute atomic E-state index is 5.94. The molecule has 1 aromatic carbocycles. The van der Waals surface area contributed by atoms with Crippen molar-refractivity contribution >= 4 is 35.6 Å². The highest BCUT2D eigenvalue weighted by Gasteiger charge is 2.26. The van der Waals surface area contributed by atoms with Crippen LogP contribution < -0.4 is 11.1 Å². The van der Waals surface area contributed by atoms with Crippen molar-refractivity contribution in [1.82, 2.24) is 4.90 Å². The lowest BCUT2D eigenvalue weighted by Gasteiger charge is -2.18. The largest absolute Gasteiger partial charge is 0.370 e. The lowest BCUT2D eigenvalue weighted by molar-refractivity contribution is 0.286. The van der Waals surface area contributed by atoms with E-state index in [1.165, 1.54) is 18.4 Å². The molecule has 5 heteroatoms. The molecule has 0 heterocycles. The molecular formula is C16H27IN4. The Balaban J connectivity index is 0.00000220. The van der Waals surface area contributed by atoms with Crippen molar-refractivity contribution in [3.63, 3.8) is 0 Å². The summed E-state index contributed by atoms with van der Waals surface area (Å²) in [4.78, 5) is 6.90. The molecule has 0 radical (unpaired) electrons. The van der Waals surface area contributed by atoms with E-state index in [1.807, 2.05) is 12.1 Å². The van der Waals surface area contributed by atoms with Gasteiger partial charge in [0.1, 0.15) is 0 Å². The fraction of sp³-hybridized carbons (Fsp3) is 0.562. The molecule has 1 aliphatic rings. The summed E-state index contributed by atoms with van der Waals surface area (Å²) in [6.45, 7) is 7.22. The van der Waals surface area contributed by atoms with Crippen LogP contribution in [0.5, 0.6) is 0 Å². The summed E-state index contributed by atoms with van der Waals surface area (Å²) >= 11 is 0. The van der Waals surface area contributed by atoms with Crippen LogP contribution in [0.3, 0.4) is 0 Å². The van der Waals surface area contributed by atoms with Gasteiger partial charge in [0, 0.05) is 18.3 Å². The summed E-state index contributed by atoms with van der Waals surface area (Å²) in [6.07, 6.45) is 3.71. The van der Waals surface area contributed by atoms with Gasteiger partial charge in [0.15, 0.2) is 5.96 Å². The van der Waals surface area contributed by atoms with Gasteiger partial charge in [-0.25, -0.2) is 0 Å². The number of hydrogen-bond acceptors (Lipinski definition) is 2. The van der Waals surface area contributed by atoms with E-state index in [9.17, 15) is 0 Å². The number of nitrogens with zero attached hydrogens (tertiary/aromatic N) is 2. The van der Waals surface area contributed by atoms with Gasteiger partial charge in [-0.15, -0.1) is 24.0 Å². The molecule has 0 atom stereocenters. The molecule has 0 aliphatic heterocycles. The third-order valence-electron chi connectivity index (χ3n) is 3.75. The highest BCUT2D eigenvalue weighted by Crippen LogP contribution is 2.25. The number of nitrogens with two attached hydrogens (primary N) is 1. The number of nitrogens with one attached hydrogen (secondary N) is 1. The number of aliphatic imine (C=N–C) groups is 1. The fourth-order valence-corrected chi connectivity index (χ4v) is 2.39. The zero-order valence-electron chi connectivity index (χ0n) is 13.0. The summed E-state index contributed by atoms with van der Waals surface area (Å²) in [7, 11) is 0. The van der Waals surface area contributed by atoms with E-state index in [0.29, 0.717) is 5.96 Å². The molecule has 1 saturated carbocycles. The predicted molar refractivity (Wildman–Crippen MR) is 102 cm³/mol. The van der Waals surface area contributed by atoms with Crippen LogP contribution in [-0.2, 0) is 6.42 Å². The van der Waals surface area contributed by atoms with Crippen LogP contribution in [0.1, 0.15) is 32.3 Å². The first-order valence-corrected chi connectivity index (χ1v) is 7.62. The quantitative estimate of drug-likeness (QED) is 0.419. The van der Waals surface area contributed by atoms with Crippen LogP contribution in [0.4, 0.5) is 5.69 Å². The summed E-state index contributed by atoms with van der Waals surface area (Å²) < 4.78 is 0. The average molecular weight is 402 g/mol. The van der Waals surface area contributed by atoms with Crippen molar-refractivity contribution in [2.75, 3.05) is 25.0 Å². The monoisotopic (exact) mass is 402 g/mol. The lowest BCUT2D eigenvalue weighted by atomic mass is 10.1. The predicted octanol–water partition coefficient (Wildman–Crippen LogP) is 3.08. The number of guanidine groups is 1. The van der Waals surface area contributed by atoms with Crippen molar-refractivity contribution < 1.29 is 0 Å². The lowest BCUT2D eigenvalue weighted by Crippen LogP contribution is -2.30. The number of likely N-dealkylation sites (N-methyl/N-ethyl adjacent to an activating group) is 1. The third kappa shape index (κ3) is 6.22. The van der Waals surface area contributed by atoms with Crippen molar-refractivity contribution in [3.8, 4) is 0 Å². The van der Waals surface area contributed by atoms with Crippen molar-refractivity contribution in [2.24, 2.45) is 10.7 Å². The number of benzene rings is 1. The Labute approximate surface area is 145 Å². The van der Waals surface area contributed by atoms with Crippen LogP contribution in [0.25, 0.3) is 0 Å². The Kier molecular flexibility index (Phi) is 8.03. The minimum absolute atomic E-state index is 0. The number of halogens is 1. The molecule has 118 valence electrons. The second-order valence-corrected chi connectivity index (χ2v) is 5.31. The van der Waals surface area contributed by atoms with E-state index in [4.69, 9.17) is 5.73 Å². The Hall–Kier alpha value is -0.820. The van der Waals surface area contributed by atoms with Crippen molar-refractivity contribution in [1.29, 1.82) is 0 Å². The zero-order chi connectivity index (χ0) is 14.4. The van der Waals surface area contributed by atoms with E-state index in [2.05, 4.69) is 41.2 Å².